The van der Waals surface area contributed by atoms with Crippen molar-refractivity contribution in [3.8, 4) is 32.3 Å². The second kappa shape index (κ2) is 13.0. The summed E-state index contributed by atoms with van der Waals surface area (Å²) in [6, 6.07) is 58.1. The van der Waals surface area contributed by atoms with Gasteiger partial charge in [-0.3, -0.25) is 9.97 Å². The second-order valence-corrected chi connectivity index (χ2v) is 15.6. The Morgan fingerprint density at radius 1 is 0.400 bits per heavy atom. The van der Waals surface area contributed by atoms with Gasteiger partial charge in [-0.1, -0.05) is 54.6 Å². The molecular formula is C48H29N5S2. The molecule has 0 amide bonds. The highest BCUT2D eigenvalue weighted by Crippen LogP contribution is 2.41. The maximum Gasteiger partial charge on any atom is 0.124 e. The number of hydrogen-bond acceptors (Lipinski definition) is 7. The first-order valence-corrected chi connectivity index (χ1v) is 19.7. The van der Waals surface area contributed by atoms with Crippen LogP contribution in [0.3, 0.4) is 0 Å². The molecule has 7 heteroatoms. The van der Waals surface area contributed by atoms with Crippen molar-refractivity contribution in [1.29, 1.82) is 0 Å². The van der Waals surface area contributed by atoms with E-state index in [1.165, 1.54) is 14.8 Å². The molecule has 4 heterocycles. The number of anilines is 3. The third kappa shape index (κ3) is 5.60. The summed E-state index contributed by atoms with van der Waals surface area (Å²) in [5.41, 5.74) is 11.6. The van der Waals surface area contributed by atoms with Gasteiger partial charge in [0, 0.05) is 51.4 Å². The average molecular weight is 740 g/mol. The molecule has 0 aliphatic rings. The molecule has 0 atom stereocenters. The third-order valence-corrected chi connectivity index (χ3v) is 12.4. The van der Waals surface area contributed by atoms with Gasteiger partial charge in [-0.05, 0) is 131 Å². The number of rotatable bonds is 6. The van der Waals surface area contributed by atoms with Crippen LogP contribution in [0.25, 0.3) is 85.3 Å². The van der Waals surface area contributed by atoms with E-state index in [0.29, 0.717) is 0 Å². The standard InChI is InChI=1S/C48H29N5S2/c1-3-11-43-41(9-1)51-47(54-43)30-15-20-36(21-16-30)53(37-22-17-31(18-23-37)48-52-42-10-2-4-12-44(42)55-48)38-24-19-32-27-34(14-13-33(32)28-38)40-29-35-7-5-25-49-45(35)46-39(40)8-6-26-50-46/h1-29H. The van der Waals surface area contributed by atoms with Gasteiger partial charge in [0.25, 0.3) is 0 Å². The highest BCUT2D eigenvalue weighted by molar-refractivity contribution is 7.22. The fourth-order valence-corrected chi connectivity index (χ4v) is 9.44. The number of benzene rings is 7. The maximum atomic E-state index is 4.92. The second-order valence-electron chi connectivity index (χ2n) is 13.5. The molecule has 0 saturated carbocycles. The van der Waals surface area contributed by atoms with Gasteiger partial charge < -0.3 is 4.90 Å². The van der Waals surface area contributed by atoms with E-state index < -0.39 is 0 Å². The summed E-state index contributed by atoms with van der Waals surface area (Å²) >= 11 is 3.45. The van der Waals surface area contributed by atoms with Gasteiger partial charge in [0.05, 0.1) is 31.5 Å². The first-order valence-electron chi connectivity index (χ1n) is 18.1. The molecule has 4 aromatic heterocycles. The predicted octanol–water partition coefficient (Wildman–Crippen LogP) is 13.6. The van der Waals surface area contributed by atoms with Crippen LogP contribution < -0.4 is 4.90 Å². The first-order chi connectivity index (χ1) is 27.2. The van der Waals surface area contributed by atoms with Crippen LogP contribution in [0.1, 0.15) is 0 Å². The number of para-hydroxylation sites is 2. The van der Waals surface area contributed by atoms with Crippen LogP contribution in [0.15, 0.2) is 176 Å². The van der Waals surface area contributed by atoms with E-state index in [9.17, 15) is 0 Å². The van der Waals surface area contributed by atoms with Gasteiger partial charge in [0.2, 0.25) is 0 Å². The topological polar surface area (TPSA) is 54.8 Å². The van der Waals surface area contributed by atoms with Crippen molar-refractivity contribution in [3.63, 3.8) is 0 Å². The molecule has 11 aromatic rings. The Hall–Kier alpha value is -6.80. The minimum absolute atomic E-state index is 0.921. The largest absolute Gasteiger partial charge is 0.310 e. The summed E-state index contributed by atoms with van der Waals surface area (Å²) in [4.78, 5) is 21.6. The van der Waals surface area contributed by atoms with E-state index >= 15 is 0 Å². The van der Waals surface area contributed by atoms with Crippen molar-refractivity contribution in [3.05, 3.63) is 176 Å². The summed E-state index contributed by atoms with van der Waals surface area (Å²) < 4.78 is 2.39. The van der Waals surface area contributed by atoms with Crippen LogP contribution in [0, 0.1) is 0 Å². The van der Waals surface area contributed by atoms with E-state index in [4.69, 9.17) is 15.0 Å². The van der Waals surface area contributed by atoms with Crippen LogP contribution in [-0.2, 0) is 0 Å². The van der Waals surface area contributed by atoms with Crippen molar-refractivity contribution >= 4 is 92.7 Å². The van der Waals surface area contributed by atoms with Gasteiger partial charge in [0.15, 0.2) is 0 Å². The fraction of sp³-hybridized carbons (Fsp3) is 0. The molecule has 7 aromatic carbocycles. The minimum Gasteiger partial charge on any atom is -0.310 e. The number of hydrogen-bond donors (Lipinski definition) is 0. The van der Waals surface area contributed by atoms with Crippen LogP contribution in [0.5, 0.6) is 0 Å². The summed E-state index contributed by atoms with van der Waals surface area (Å²) in [7, 11) is 0. The lowest BCUT2D eigenvalue weighted by Gasteiger charge is -2.26. The number of nitrogens with zero attached hydrogens (tertiary/aromatic N) is 5. The number of thiazole rings is 2. The summed E-state index contributed by atoms with van der Waals surface area (Å²) in [6.07, 6.45) is 3.68. The van der Waals surface area contributed by atoms with Crippen LogP contribution >= 0.6 is 22.7 Å². The number of aromatic nitrogens is 4. The monoisotopic (exact) mass is 739 g/mol. The number of fused-ring (bicyclic) bond motifs is 6. The predicted molar refractivity (Wildman–Crippen MR) is 232 cm³/mol. The summed E-state index contributed by atoms with van der Waals surface area (Å²) in [5.74, 6) is 0. The molecule has 0 radical (unpaired) electrons. The fourth-order valence-electron chi connectivity index (χ4n) is 7.50. The first kappa shape index (κ1) is 31.7. The van der Waals surface area contributed by atoms with Crippen molar-refractivity contribution in [2.45, 2.75) is 0 Å². The Morgan fingerprint density at radius 2 is 0.945 bits per heavy atom. The SMILES string of the molecule is c1cnc2c(c1)cc(-c1ccc3cc(N(c4ccc(-c5nc6ccccc6s5)cc4)c4ccc(-c5nc6ccccc6s5)cc4)ccc3c1)c1cccnc12. The minimum atomic E-state index is 0.921. The van der Waals surface area contributed by atoms with E-state index in [0.717, 1.165) is 87.6 Å². The van der Waals surface area contributed by atoms with E-state index in [1.807, 2.05) is 36.7 Å². The molecule has 0 saturated heterocycles. The third-order valence-electron chi connectivity index (χ3n) is 10.2. The van der Waals surface area contributed by atoms with Crippen molar-refractivity contribution in [1.82, 2.24) is 19.9 Å². The Labute approximate surface area is 324 Å². The van der Waals surface area contributed by atoms with Crippen LogP contribution in [-0.4, -0.2) is 19.9 Å². The van der Waals surface area contributed by atoms with Gasteiger partial charge in [-0.2, -0.15) is 0 Å². The Bertz CT molecular complexity index is 3040. The highest BCUT2D eigenvalue weighted by Gasteiger charge is 2.17. The van der Waals surface area contributed by atoms with Gasteiger partial charge >= 0.3 is 0 Å². The molecule has 5 nitrogen and oxygen atoms in total. The number of pyridine rings is 2. The Morgan fingerprint density at radius 3 is 1.60 bits per heavy atom. The molecule has 55 heavy (non-hydrogen) atoms. The molecule has 0 aliphatic heterocycles. The van der Waals surface area contributed by atoms with Gasteiger partial charge in [-0.25, -0.2) is 9.97 Å². The summed E-state index contributed by atoms with van der Waals surface area (Å²) in [6.45, 7) is 0. The van der Waals surface area contributed by atoms with Crippen LogP contribution in [0.2, 0.25) is 0 Å². The maximum absolute atomic E-state index is 4.92. The van der Waals surface area contributed by atoms with Crippen LogP contribution in [0.4, 0.5) is 17.1 Å². The summed E-state index contributed by atoms with van der Waals surface area (Å²) in [5, 5.41) is 6.55. The highest BCUT2D eigenvalue weighted by atomic mass is 32.1. The molecule has 0 N–H and O–H groups in total. The van der Waals surface area contributed by atoms with Crippen molar-refractivity contribution in [2.75, 3.05) is 4.90 Å². The molecular weight excluding hydrogens is 711 g/mol. The molecule has 0 fully saturated rings. The van der Waals surface area contributed by atoms with Crippen molar-refractivity contribution in [2.24, 2.45) is 0 Å². The molecule has 0 aliphatic carbocycles. The zero-order valence-electron chi connectivity index (χ0n) is 29.3. The van der Waals surface area contributed by atoms with E-state index in [1.54, 1.807) is 22.7 Å². The van der Waals surface area contributed by atoms with E-state index in [-0.39, 0.29) is 0 Å². The zero-order chi connectivity index (χ0) is 36.3. The zero-order valence-corrected chi connectivity index (χ0v) is 30.9. The Kier molecular flexibility index (Phi) is 7.46. The molecule has 11 rings (SSSR count). The molecule has 0 bridgehead atoms. The lowest BCUT2D eigenvalue weighted by atomic mass is 9.95. The molecule has 0 spiro atoms. The molecule has 0 unspecified atom stereocenters. The lowest BCUT2D eigenvalue weighted by Crippen LogP contribution is -2.09. The quantitative estimate of drug-likeness (QED) is 0.159. The van der Waals surface area contributed by atoms with Gasteiger partial charge in [-0.15, -0.1) is 22.7 Å². The Balaban J connectivity index is 0.999. The average Bonchev–Trinajstić information content (AvgIpc) is 3.89. The van der Waals surface area contributed by atoms with Crippen molar-refractivity contribution < 1.29 is 0 Å². The van der Waals surface area contributed by atoms with E-state index in [2.05, 4.69) is 149 Å². The van der Waals surface area contributed by atoms with Gasteiger partial charge in [0.1, 0.15) is 10.0 Å². The normalized spacial score (nSPS) is 11.6. The smallest absolute Gasteiger partial charge is 0.124 e. The molecule has 258 valence electrons. The lowest BCUT2D eigenvalue weighted by molar-refractivity contribution is 1.29.